The van der Waals surface area contributed by atoms with Gasteiger partial charge in [0.2, 0.25) is 11.8 Å². The minimum atomic E-state index is -0.796. The molecule has 0 radical (unpaired) electrons. The Morgan fingerprint density at radius 2 is 2.00 bits per heavy atom. The lowest BCUT2D eigenvalue weighted by atomic mass is 10.0. The third-order valence-electron chi connectivity index (χ3n) is 3.44. The number of hydrogen-bond acceptors (Lipinski definition) is 4. The van der Waals surface area contributed by atoms with Crippen LogP contribution in [0.15, 0.2) is 24.3 Å². The fraction of sp³-hybridized carbons (Fsp3) is 0.429. The predicted octanol–water partition coefficient (Wildman–Crippen LogP) is -0.292. The average molecular weight is 277 g/mol. The van der Waals surface area contributed by atoms with Crippen LogP contribution in [0.3, 0.4) is 0 Å². The number of nitrogens with zero attached hydrogens (tertiary/aromatic N) is 1. The molecular weight excluding hydrogens is 258 g/mol. The van der Waals surface area contributed by atoms with E-state index in [9.17, 15) is 9.59 Å². The van der Waals surface area contributed by atoms with Crippen molar-refractivity contribution in [3.8, 4) is 0 Å². The van der Waals surface area contributed by atoms with Crippen molar-refractivity contribution in [2.45, 2.75) is 19.0 Å². The van der Waals surface area contributed by atoms with Gasteiger partial charge in [0.05, 0.1) is 13.2 Å². The lowest BCUT2D eigenvalue weighted by molar-refractivity contribution is -0.148. The smallest absolute Gasteiger partial charge is 0.244 e. The molecule has 1 aromatic carbocycles. The monoisotopic (exact) mass is 277 g/mol. The third kappa shape index (κ3) is 2.97. The number of amides is 2. The van der Waals surface area contributed by atoms with Crippen LogP contribution in [0.2, 0.25) is 0 Å². The van der Waals surface area contributed by atoms with E-state index in [1.165, 1.54) is 4.90 Å². The van der Waals surface area contributed by atoms with Crippen molar-refractivity contribution in [1.82, 2.24) is 4.90 Å². The number of carbonyl (C=O) groups excluding carboxylic acids is 2. The number of ether oxygens (including phenoxy) is 1. The van der Waals surface area contributed by atoms with E-state index in [-0.39, 0.29) is 12.5 Å². The Hall–Kier alpha value is -1.92. The molecule has 2 rings (SSSR count). The summed E-state index contributed by atoms with van der Waals surface area (Å²) in [5.41, 5.74) is 13.1. The number of carbonyl (C=O) groups is 2. The molecule has 1 fully saturated rings. The maximum absolute atomic E-state index is 12.4. The summed E-state index contributed by atoms with van der Waals surface area (Å²) in [5.74, 6) is -0.880. The van der Waals surface area contributed by atoms with Crippen LogP contribution in [0.5, 0.6) is 0 Å². The summed E-state index contributed by atoms with van der Waals surface area (Å²) in [6, 6.07) is 5.89. The van der Waals surface area contributed by atoms with Crippen molar-refractivity contribution >= 4 is 11.8 Å². The zero-order valence-electron chi connectivity index (χ0n) is 11.4. The first kappa shape index (κ1) is 14.5. The molecule has 0 spiro atoms. The summed E-state index contributed by atoms with van der Waals surface area (Å²) in [4.78, 5) is 25.2. The Morgan fingerprint density at radius 1 is 1.35 bits per heavy atom. The standard InChI is InChI=1S/C14H19N3O3/c1-9-2-4-10(5-3-9)12(15)14(19)17-6-7-20-8-11(17)13(16)18/h2-5,11-12H,6-8,15H2,1H3,(H2,16,18). The molecular formula is C14H19N3O3. The van der Waals surface area contributed by atoms with E-state index in [1.54, 1.807) is 0 Å². The highest BCUT2D eigenvalue weighted by Gasteiger charge is 2.34. The molecule has 1 heterocycles. The Balaban J connectivity index is 2.16. The molecule has 2 amide bonds. The zero-order valence-corrected chi connectivity index (χ0v) is 11.4. The fourth-order valence-corrected chi connectivity index (χ4v) is 2.20. The van der Waals surface area contributed by atoms with Crippen molar-refractivity contribution < 1.29 is 14.3 Å². The second-order valence-electron chi connectivity index (χ2n) is 4.91. The van der Waals surface area contributed by atoms with Gasteiger partial charge >= 0.3 is 0 Å². The van der Waals surface area contributed by atoms with Gasteiger partial charge in [-0.15, -0.1) is 0 Å². The lowest BCUT2D eigenvalue weighted by Crippen LogP contribution is -2.56. The van der Waals surface area contributed by atoms with Gasteiger partial charge in [-0.1, -0.05) is 29.8 Å². The van der Waals surface area contributed by atoms with E-state index >= 15 is 0 Å². The Morgan fingerprint density at radius 3 is 2.60 bits per heavy atom. The molecule has 4 N–H and O–H groups in total. The van der Waals surface area contributed by atoms with E-state index < -0.39 is 18.0 Å². The summed E-state index contributed by atoms with van der Waals surface area (Å²) in [6.07, 6.45) is 0. The molecule has 108 valence electrons. The molecule has 1 aliphatic heterocycles. The minimum Gasteiger partial charge on any atom is -0.377 e. The Labute approximate surface area is 117 Å². The van der Waals surface area contributed by atoms with Crippen LogP contribution >= 0.6 is 0 Å². The van der Waals surface area contributed by atoms with E-state index in [2.05, 4.69) is 0 Å². The number of aryl methyl sites for hydroxylation is 1. The van der Waals surface area contributed by atoms with Gasteiger partial charge in [-0.3, -0.25) is 9.59 Å². The molecule has 1 saturated heterocycles. The summed E-state index contributed by atoms with van der Waals surface area (Å²) in [5, 5.41) is 0. The van der Waals surface area contributed by atoms with Crippen molar-refractivity contribution in [1.29, 1.82) is 0 Å². The van der Waals surface area contributed by atoms with Crippen LogP contribution < -0.4 is 11.5 Å². The average Bonchev–Trinajstić information content (AvgIpc) is 2.46. The first-order valence-electron chi connectivity index (χ1n) is 6.50. The highest BCUT2D eigenvalue weighted by atomic mass is 16.5. The van der Waals surface area contributed by atoms with Crippen LogP contribution in [-0.2, 0) is 14.3 Å². The maximum atomic E-state index is 12.4. The van der Waals surface area contributed by atoms with Crippen LogP contribution in [0.25, 0.3) is 0 Å². The summed E-state index contributed by atoms with van der Waals surface area (Å²) in [7, 11) is 0. The summed E-state index contributed by atoms with van der Waals surface area (Å²) >= 11 is 0. The second kappa shape index (κ2) is 6.02. The first-order valence-corrected chi connectivity index (χ1v) is 6.50. The summed E-state index contributed by atoms with van der Waals surface area (Å²) < 4.78 is 5.19. The van der Waals surface area contributed by atoms with Crippen LogP contribution in [0.4, 0.5) is 0 Å². The number of morpholine rings is 1. The molecule has 0 saturated carbocycles. The van der Waals surface area contributed by atoms with Gasteiger partial charge in [-0.25, -0.2) is 0 Å². The van der Waals surface area contributed by atoms with Crippen LogP contribution in [0, 0.1) is 6.92 Å². The van der Waals surface area contributed by atoms with Gasteiger partial charge in [0.15, 0.2) is 0 Å². The molecule has 0 bridgehead atoms. The lowest BCUT2D eigenvalue weighted by Gasteiger charge is -2.35. The molecule has 2 atom stereocenters. The molecule has 6 nitrogen and oxygen atoms in total. The van der Waals surface area contributed by atoms with Crippen LogP contribution in [0.1, 0.15) is 17.2 Å². The molecule has 1 aromatic rings. The van der Waals surface area contributed by atoms with Crippen molar-refractivity contribution in [3.63, 3.8) is 0 Å². The number of benzene rings is 1. The predicted molar refractivity (Wildman–Crippen MR) is 73.6 cm³/mol. The minimum absolute atomic E-state index is 0.127. The Kier molecular flexibility index (Phi) is 4.36. The first-order chi connectivity index (χ1) is 9.50. The van der Waals surface area contributed by atoms with Gasteiger partial charge in [0.25, 0.3) is 0 Å². The zero-order chi connectivity index (χ0) is 14.7. The maximum Gasteiger partial charge on any atom is 0.244 e. The highest BCUT2D eigenvalue weighted by molar-refractivity contribution is 5.89. The van der Waals surface area contributed by atoms with E-state index in [4.69, 9.17) is 16.2 Å². The number of rotatable bonds is 3. The van der Waals surface area contributed by atoms with Gasteiger partial charge in [-0.2, -0.15) is 0 Å². The number of nitrogens with two attached hydrogens (primary N) is 2. The second-order valence-corrected chi connectivity index (χ2v) is 4.91. The van der Waals surface area contributed by atoms with Crippen molar-refractivity contribution in [2.24, 2.45) is 11.5 Å². The quantitative estimate of drug-likeness (QED) is 0.793. The van der Waals surface area contributed by atoms with E-state index in [0.717, 1.165) is 11.1 Å². The molecule has 0 aliphatic carbocycles. The molecule has 1 aliphatic rings. The fourth-order valence-electron chi connectivity index (χ4n) is 2.20. The SMILES string of the molecule is Cc1ccc(C(N)C(=O)N2CCOCC2C(N)=O)cc1. The van der Waals surface area contributed by atoms with Gasteiger partial charge in [-0.05, 0) is 12.5 Å². The number of hydrogen-bond donors (Lipinski definition) is 2. The van der Waals surface area contributed by atoms with Crippen LogP contribution in [-0.4, -0.2) is 42.5 Å². The van der Waals surface area contributed by atoms with Gasteiger partial charge < -0.3 is 21.1 Å². The van der Waals surface area contributed by atoms with Crippen molar-refractivity contribution in [3.05, 3.63) is 35.4 Å². The third-order valence-corrected chi connectivity index (χ3v) is 3.44. The van der Waals surface area contributed by atoms with Gasteiger partial charge in [0, 0.05) is 6.54 Å². The Bertz CT molecular complexity index is 501. The number of primary amides is 1. The molecule has 20 heavy (non-hydrogen) atoms. The normalized spacial score (nSPS) is 20.5. The molecule has 2 unspecified atom stereocenters. The topological polar surface area (TPSA) is 98.7 Å². The molecule has 0 aromatic heterocycles. The van der Waals surface area contributed by atoms with E-state index in [1.807, 2.05) is 31.2 Å². The molecule has 6 heteroatoms. The summed E-state index contributed by atoms with van der Waals surface area (Å²) in [6.45, 7) is 2.80. The largest absolute Gasteiger partial charge is 0.377 e. The van der Waals surface area contributed by atoms with Crippen molar-refractivity contribution in [2.75, 3.05) is 19.8 Å². The van der Waals surface area contributed by atoms with Gasteiger partial charge in [0.1, 0.15) is 12.1 Å². The highest BCUT2D eigenvalue weighted by Crippen LogP contribution is 2.17. The van der Waals surface area contributed by atoms with E-state index in [0.29, 0.717) is 13.2 Å².